The molecule has 4 atom stereocenters. The van der Waals surface area contributed by atoms with Crippen molar-refractivity contribution in [2.75, 3.05) is 13.6 Å². The van der Waals surface area contributed by atoms with Crippen molar-refractivity contribution in [2.24, 2.45) is 4.99 Å². The molecule has 5 nitrogen and oxygen atoms in total. The van der Waals surface area contributed by atoms with Gasteiger partial charge >= 0.3 is 0 Å². The molecule has 1 saturated carbocycles. The Balaban J connectivity index is 1.34. The highest BCUT2D eigenvalue weighted by molar-refractivity contribution is 5.80. The van der Waals surface area contributed by atoms with Gasteiger partial charge in [-0.05, 0) is 44.6 Å². The molecule has 2 bridgehead atoms. The van der Waals surface area contributed by atoms with Crippen LogP contribution in [-0.2, 0) is 4.74 Å². The summed E-state index contributed by atoms with van der Waals surface area (Å²) in [6.45, 7) is 3.18. The minimum atomic E-state index is 0.137. The summed E-state index contributed by atoms with van der Waals surface area (Å²) < 4.78 is 5.97. The number of guanidine groups is 1. The first-order valence-corrected chi connectivity index (χ1v) is 10.6. The molecule has 2 heterocycles. The monoisotopic (exact) mass is 370 g/mol. The van der Waals surface area contributed by atoms with Gasteiger partial charge in [0.15, 0.2) is 5.96 Å². The van der Waals surface area contributed by atoms with Crippen molar-refractivity contribution in [3.8, 4) is 0 Å². The van der Waals surface area contributed by atoms with Crippen LogP contribution in [0.15, 0.2) is 35.3 Å². The van der Waals surface area contributed by atoms with E-state index in [1.165, 1.54) is 44.1 Å². The number of hydrogen-bond acceptors (Lipinski definition) is 3. The van der Waals surface area contributed by atoms with Gasteiger partial charge in [0.25, 0.3) is 0 Å². The van der Waals surface area contributed by atoms with E-state index in [-0.39, 0.29) is 5.54 Å². The summed E-state index contributed by atoms with van der Waals surface area (Å²) in [6.07, 6.45) is 9.35. The van der Waals surface area contributed by atoms with Crippen LogP contribution in [0.5, 0.6) is 0 Å². The largest absolute Gasteiger partial charge is 0.373 e. The first-order chi connectivity index (χ1) is 13.2. The molecule has 0 aromatic heterocycles. The van der Waals surface area contributed by atoms with Crippen molar-refractivity contribution >= 4 is 5.96 Å². The SMILES string of the molecule is CN=C(NCC1(NC(C)c2ccccc2)CCCC1)NC1CC2CCC1O2. The van der Waals surface area contributed by atoms with Crippen molar-refractivity contribution in [2.45, 2.75) is 81.7 Å². The number of nitrogens with one attached hydrogen (secondary N) is 3. The maximum atomic E-state index is 5.97. The number of rotatable bonds is 6. The molecule has 2 aliphatic heterocycles. The molecule has 148 valence electrons. The van der Waals surface area contributed by atoms with Gasteiger partial charge in [0.1, 0.15) is 0 Å². The Morgan fingerprint density at radius 3 is 2.63 bits per heavy atom. The summed E-state index contributed by atoms with van der Waals surface area (Å²) in [4.78, 5) is 4.48. The topological polar surface area (TPSA) is 57.7 Å². The van der Waals surface area contributed by atoms with Gasteiger partial charge in [0, 0.05) is 25.2 Å². The number of aliphatic imine (C=N–C) groups is 1. The maximum Gasteiger partial charge on any atom is 0.191 e. The van der Waals surface area contributed by atoms with Crippen LogP contribution in [0.25, 0.3) is 0 Å². The van der Waals surface area contributed by atoms with Gasteiger partial charge in [-0.2, -0.15) is 0 Å². The van der Waals surface area contributed by atoms with Crippen LogP contribution in [-0.4, -0.2) is 43.3 Å². The molecule has 1 aromatic rings. The van der Waals surface area contributed by atoms with E-state index in [0.29, 0.717) is 24.3 Å². The van der Waals surface area contributed by atoms with Crippen LogP contribution in [0.3, 0.4) is 0 Å². The zero-order valence-corrected chi connectivity index (χ0v) is 16.7. The van der Waals surface area contributed by atoms with Crippen LogP contribution >= 0.6 is 0 Å². The highest BCUT2D eigenvalue weighted by Gasteiger charge is 2.41. The number of ether oxygens (including phenoxy) is 1. The summed E-state index contributed by atoms with van der Waals surface area (Å²) in [7, 11) is 1.87. The molecule has 4 rings (SSSR count). The van der Waals surface area contributed by atoms with Crippen molar-refractivity contribution in [3.05, 3.63) is 35.9 Å². The van der Waals surface area contributed by atoms with Crippen molar-refractivity contribution in [1.82, 2.24) is 16.0 Å². The third-order valence-electron chi connectivity index (χ3n) is 6.63. The minimum absolute atomic E-state index is 0.137. The summed E-state index contributed by atoms with van der Waals surface area (Å²) in [6, 6.07) is 11.5. The van der Waals surface area contributed by atoms with E-state index in [1.54, 1.807) is 0 Å². The van der Waals surface area contributed by atoms with E-state index in [1.807, 2.05) is 7.05 Å². The molecule has 27 heavy (non-hydrogen) atoms. The molecule has 3 aliphatic rings. The van der Waals surface area contributed by atoms with E-state index in [0.717, 1.165) is 18.9 Å². The summed E-state index contributed by atoms with van der Waals surface area (Å²) in [5.74, 6) is 0.914. The second kappa shape index (κ2) is 8.19. The Labute approximate surface area is 163 Å². The smallest absolute Gasteiger partial charge is 0.191 e. The molecule has 0 spiro atoms. The molecule has 1 aliphatic carbocycles. The third kappa shape index (κ3) is 4.30. The standard InChI is InChI=1S/C22H34N4O/c1-16(17-8-4-3-5-9-17)26-22(12-6-7-13-22)15-24-21(23-2)25-19-14-18-10-11-20(19)27-18/h3-5,8-9,16,18-20,26H,6-7,10-15H2,1-2H3,(H2,23,24,25). The second-order valence-corrected chi connectivity index (χ2v) is 8.55. The van der Waals surface area contributed by atoms with Crippen LogP contribution in [0.2, 0.25) is 0 Å². The van der Waals surface area contributed by atoms with Crippen molar-refractivity contribution < 1.29 is 4.74 Å². The van der Waals surface area contributed by atoms with E-state index < -0.39 is 0 Å². The van der Waals surface area contributed by atoms with Gasteiger partial charge in [-0.3, -0.25) is 4.99 Å². The highest BCUT2D eigenvalue weighted by atomic mass is 16.5. The molecule has 0 radical (unpaired) electrons. The Bertz CT molecular complexity index is 641. The second-order valence-electron chi connectivity index (χ2n) is 8.55. The molecule has 1 aromatic carbocycles. The van der Waals surface area contributed by atoms with Gasteiger partial charge in [-0.1, -0.05) is 43.2 Å². The van der Waals surface area contributed by atoms with Crippen molar-refractivity contribution in [3.63, 3.8) is 0 Å². The maximum absolute atomic E-state index is 5.97. The van der Waals surface area contributed by atoms with Crippen LogP contribution in [0, 0.1) is 0 Å². The molecular formula is C22H34N4O. The lowest BCUT2D eigenvalue weighted by atomic mass is 9.94. The molecule has 4 unspecified atom stereocenters. The van der Waals surface area contributed by atoms with Gasteiger partial charge in [0.2, 0.25) is 0 Å². The van der Waals surface area contributed by atoms with Gasteiger partial charge in [-0.25, -0.2) is 0 Å². The van der Waals surface area contributed by atoms with E-state index in [2.05, 4.69) is 58.2 Å². The van der Waals surface area contributed by atoms with Crippen LogP contribution in [0.1, 0.15) is 63.5 Å². The molecule has 3 N–H and O–H groups in total. The lowest BCUT2D eigenvalue weighted by molar-refractivity contribution is 0.0992. The number of nitrogens with zero attached hydrogens (tertiary/aromatic N) is 1. The first-order valence-electron chi connectivity index (χ1n) is 10.6. The zero-order valence-electron chi connectivity index (χ0n) is 16.7. The average Bonchev–Trinajstić information content (AvgIpc) is 3.43. The Morgan fingerprint density at radius 2 is 2.00 bits per heavy atom. The molecule has 5 heteroatoms. The number of hydrogen-bond donors (Lipinski definition) is 3. The van der Waals surface area contributed by atoms with Crippen molar-refractivity contribution in [1.29, 1.82) is 0 Å². The molecule has 2 saturated heterocycles. The van der Waals surface area contributed by atoms with E-state index in [9.17, 15) is 0 Å². The minimum Gasteiger partial charge on any atom is -0.373 e. The fourth-order valence-corrected chi connectivity index (χ4v) is 5.12. The molecule has 0 amide bonds. The highest BCUT2D eigenvalue weighted by Crippen LogP contribution is 2.34. The quantitative estimate of drug-likeness (QED) is 0.532. The fraction of sp³-hybridized carbons (Fsp3) is 0.682. The Kier molecular flexibility index (Phi) is 5.69. The summed E-state index contributed by atoms with van der Waals surface area (Å²) >= 11 is 0. The van der Waals surface area contributed by atoms with Gasteiger partial charge in [0.05, 0.1) is 18.2 Å². The third-order valence-corrected chi connectivity index (χ3v) is 6.63. The Hall–Kier alpha value is -1.59. The normalized spacial score (nSPS) is 30.4. The fourth-order valence-electron chi connectivity index (χ4n) is 5.12. The average molecular weight is 371 g/mol. The van der Waals surface area contributed by atoms with Gasteiger partial charge < -0.3 is 20.7 Å². The Morgan fingerprint density at radius 1 is 1.22 bits per heavy atom. The van der Waals surface area contributed by atoms with E-state index >= 15 is 0 Å². The van der Waals surface area contributed by atoms with Gasteiger partial charge in [-0.15, -0.1) is 0 Å². The number of fused-ring (bicyclic) bond motifs is 2. The molecule has 3 fully saturated rings. The van der Waals surface area contributed by atoms with E-state index in [4.69, 9.17) is 4.74 Å². The van der Waals surface area contributed by atoms with Crippen LogP contribution < -0.4 is 16.0 Å². The predicted molar refractivity (Wildman–Crippen MR) is 110 cm³/mol. The zero-order chi connectivity index (χ0) is 18.7. The lowest BCUT2D eigenvalue weighted by Gasteiger charge is -2.35. The number of benzene rings is 1. The first kappa shape index (κ1) is 18.8. The summed E-state index contributed by atoms with van der Waals surface area (Å²) in [5.41, 5.74) is 1.49. The summed E-state index contributed by atoms with van der Waals surface area (Å²) in [5, 5.41) is 11.2. The van der Waals surface area contributed by atoms with Crippen LogP contribution in [0.4, 0.5) is 0 Å². The molecular weight excluding hydrogens is 336 g/mol. The predicted octanol–water partition coefficient (Wildman–Crippen LogP) is 3.13. The lowest BCUT2D eigenvalue weighted by Crippen LogP contribution is -2.56.